The molecule has 4 aromatic carbocycles. The molecule has 0 radical (unpaired) electrons. The van der Waals surface area contributed by atoms with E-state index < -0.39 is 65.8 Å². The number of piperazine rings is 1. The number of phenols is 1. The summed E-state index contributed by atoms with van der Waals surface area (Å²) in [4.78, 5) is 89.0. The third-order valence-electron chi connectivity index (χ3n) is 15.5. The van der Waals surface area contributed by atoms with E-state index in [0.717, 1.165) is 64.1 Å². The minimum atomic E-state index is -4.77. The molecule has 6 amide bonds. The number of imide groups is 1. The molecule has 0 saturated carbocycles. The number of benzene rings is 4. The standard InChI is InChI=1S/C56H57ClF3N11O7/c1-33(28-71-47(72)17-16-46(53(71)76)70-29-37-25-34(14-15-40(37)52(70)75)26-62-54(77)63-27-36-9-3-11-42(49(36)73)56(58,59)60)51(74)69-24-23-68(30-38(69)18-20-61)50-41-19-22-67(45-13-5-8-35-7-4-12-43(57)48(35)45)31-44(41)64-55(65-50)78-32-39-10-6-21-66(39)2/h3-5,7-9,11-15,25,38-39,46,73H,1,6,10,16-19,21-24,26-32H2,2H3,(H2,62,63,77)/t38-,39-,46?/m0/s1. The molecule has 10 rings (SSSR count). The number of amides is 6. The molecule has 1 aromatic heterocycles. The number of anilines is 2. The molecule has 0 bridgehead atoms. The molecule has 78 heavy (non-hydrogen) atoms. The summed E-state index contributed by atoms with van der Waals surface area (Å²) in [5.74, 6) is -2.41. The molecule has 18 nitrogen and oxygen atoms in total. The van der Waals surface area contributed by atoms with Gasteiger partial charge in [0.25, 0.3) is 17.7 Å². The van der Waals surface area contributed by atoms with E-state index in [9.17, 15) is 47.5 Å². The molecule has 5 aliphatic heterocycles. The van der Waals surface area contributed by atoms with Gasteiger partial charge in [0.05, 0.1) is 47.9 Å². The summed E-state index contributed by atoms with van der Waals surface area (Å²) in [7, 11) is 2.08. The molecule has 0 spiro atoms. The minimum Gasteiger partial charge on any atom is -0.507 e. The Hall–Kier alpha value is -7.96. The van der Waals surface area contributed by atoms with Gasteiger partial charge in [-0.15, -0.1) is 0 Å². The zero-order valence-corrected chi connectivity index (χ0v) is 43.6. The Labute approximate surface area is 453 Å². The van der Waals surface area contributed by atoms with E-state index in [1.165, 1.54) is 11.0 Å². The summed E-state index contributed by atoms with van der Waals surface area (Å²) in [5.41, 5.74) is 2.88. The summed E-state index contributed by atoms with van der Waals surface area (Å²) >= 11 is 6.78. The lowest BCUT2D eigenvalue weighted by atomic mass is 10.00. The number of carbonyl (C=O) groups is 5. The monoisotopic (exact) mass is 1090 g/mol. The number of rotatable bonds is 14. The number of para-hydroxylation sites is 1. The lowest BCUT2D eigenvalue weighted by Crippen LogP contribution is -2.58. The van der Waals surface area contributed by atoms with Gasteiger partial charge in [-0.2, -0.15) is 28.4 Å². The maximum Gasteiger partial charge on any atom is 0.419 e. The molecule has 406 valence electrons. The van der Waals surface area contributed by atoms with Crippen LogP contribution in [0.15, 0.2) is 84.9 Å². The number of aromatic hydroxyl groups is 1. The van der Waals surface area contributed by atoms with Gasteiger partial charge in [-0.25, -0.2) is 4.79 Å². The number of likely N-dealkylation sites (N-methyl/N-ethyl adjacent to an activating group) is 1. The Morgan fingerprint density at radius 2 is 1.71 bits per heavy atom. The van der Waals surface area contributed by atoms with Crippen LogP contribution >= 0.6 is 11.6 Å². The second-order valence-corrected chi connectivity index (χ2v) is 20.7. The van der Waals surface area contributed by atoms with Crippen LogP contribution in [0.1, 0.15) is 76.0 Å². The number of ether oxygens (including phenoxy) is 1. The number of fused-ring (bicyclic) bond motifs is 3. The van der Waals surface area contributed by atoms with Crippen LogP contribution in [0.2, 0.25) is 5.02 Å². The number of piperidine rings is 1. The molecular weight excluding hydrogens is 1030 g/mol. The van der Waals surface area contributed by atoms with E-state index in [2.05, 4.69) is 51.1 Å². The number of nitrogens with one attached hydrogen (secondary N) is 2. The van der Waals surface area contributed by atoms with E-state index in [1.54, 1.807) is 23.1 Å². The first-order valence-corrected chi connectivity index (χ1v) is 26.3. The summed E-state index contributed by atoms with van der Waals surface area (Å²) in [6.07, 6.45) is -2.12. The predicted octanol–water partition coefficient (Wildman–Crippen LogP) is 6.70. The lowest BCUT2D eigenvalue weighted by Gasteiger charge is -2.43. The maximum absolute atomic E-state index is 14.4. The topological polar surface area (TPSA) is 208 Å². The molecule has 22 heteroatoms. The van der Waals surface area contributed by atoms with Crippen LogP contribution < -0.4 is 25.2 Å². The molecular formula is C56H57ClF3N11O7. The quantitative estimate of drug-likeness (QED) is 0.0783. The minimum absolute atomic E-state index is 0.0171. The van der Waals surface area contributed by atoms with Crippen LogP contribution in [0, 0.1) is 11.3 Å². The van der Waals surface area contributed by atoms with Crippen molar-refractivity contribution in [1.82, 2.24) is 40.2 Å². The van der Waals surface area contributed by atoms with Crippen LogP contribution in [-0.4, -0.2) is 135 Å². The summed E-state index contributed by atoms with van der Waals surface area (Å²) in [5, 5.41) is 27.9. The number of hydrogen-bond donors (Lipinski definition) is 3. The number of urea groups is 1. The summed E-state index contributed by atoms with van der Waals surface area (Å²) < 4.78 is 46.1. The van der Waals surface area contributed by atoms with Crippen LogP contribution in [0.4, 0.5) is 29.5 Å². The summed E-state index contributed by atoms with van der Waals surface area (Å²) in [6, 6.07) is 20.4. The van der Waals surface area contributed by atoms with Crippen molar-refractivity contribution in [2.24, 2.45) is 0 Å². The first-order chi connectivity index (χ1) is 37.5. The average molecular weight is 1090 g/mol. The normalized spacial score (nSPS) is 19.7. The largest absolute Gasteiger partial charge is 0.507 e. The van der Waals surface area contributed by atoms with E-state index in [4.69, 9.17) is 26.3 Å². The van der Waals surface area contributed by atoms with E-state index >= 15 is 0 Å². The van der Waals surface area contributed by atoms with Crippen LogP contribution in [0.25, 0.3) is 10.8 Å². The van der Waals surface area contributed by atoms with Gasteiger partial charge in [-0.05, 0) is 80.1 Å². The van der Waals surface area contributed by atoms with Crippen LogP contribution in [-0.2, 0) is 53.2 Å². The van der Waals surface area contributed by atoms with Gasteiger partial charge in [-0.3, -0.25) is 24.1 Å². The zero-order chi connectivity index (χ0) is 55.0. The SMILES string of the molecule is C=C(CN1C(=O)CCC(N2Cc3cc(CNC(=O)NCc4cccc(C(F)(F)F)c4O)ccc3C2=O)C1=O)C(=O)N1CCN(c2nc(OC[C@@H]3CCCN3C)nc3c2CCN(c2cccc4cccc(Cl)c24)C3)C[C@@H]1CC#N. The van der Waals surface area contributed by atoms with Crippen molar-refractivity contribution in [3.05, 3.63) is 129 Å². The van der Waals surface area contributed by atoms with E-state index in [1.807, 2.05) is 30.3 Å². The number of hydrogen-bond acceptors (Lipinski definition) is 13. The van der Waals surface area contributed by atoms with Gasteiger partial charge in [-0.1, -0.05) is 66.7 Å². The molecule has 5 aromatic rings. The molecule has 3 N–H and O–H groups in total. The van der Waals surface area contributed by atoms with Gasteiger partial charge < -0.3 is 45.0 Å². The van der Waals surface area contributed by atoms with E-state index in [-0.39, 0.29) is 75.2 Å². The third-order valence-corrected chi connectivity index (χ3v) is 15.8. The number of likely N-dealkylation sites (tertiary alicyclic amines) is 2. The highest BCUT2D eigenvalue weighted by molar-refractivity contribution is 6.36. The van der Waals surface area contributed by atoms with Crippen molar-refractivity contribution < 1.29 is 47.0 Å². The number of carbonyl (C=O) groups excluding carboxylic acids is 5. The molecule has 5 aliphatic rings. The number of aromatic nitrogens is 2. The number of nitrogens with zero attached hydrogens (tertiary/aromatic N) is 9. The highest BCUT2D eigenvalue weighted by Gasteiger charge is 2.44. The van der Waals surface area contributed by atoms with Crippen molar-refractivity contribution >= 4 is 63.5 Å². The van der Waals surface area contributed by atoms with Gasteiger partial charge in [0.2, 0.25) is 5.91 Å². The molecule has 6 heterocycles. The zero-order valence-electron chi connectivity index (χ0n) is 42.8. The van der Waals surface area contributed by atoms with E-state index in [0.29, 0.717) is 60.2 Å². The molecule has 0 aliphatic carbocycles. The summed E-state index contributed by atoms with van der Waals surface area (Å²) in [6.45, 7) is 6.57. The average Bonchev–Trinajstić information content (AvgIpc) is 4.14. The Morgan fingerprint density at radius 1 is 0.923 bits per heavy atom. The number of halogens is 4. The fourth-order valence-corrected chi connectivity index (χ4v) is 11.6. The van der Waals surface area contributed by atoms with Crippen molar-refractivity contribution in [1.29, 1.82) is 5.26 Å². The van der Waals surface area contributed by atoms with Gasteiger partial charge in [0.1, 0.15) is 24.2 Å². The number of phenolic OH excluding ortho intramolecular Hbond substituents is 1. The highest BCUT2D eigenvalue weighted by Crippen LogP contribution is 2.40. The van der Waals surface area contributed by atoms with Gasteiger partial charge >= 0.3 is 18.2 Å². The first-order valence-electron chi connectivity index (χ1n) is 25.9. The number of nitriles is 1. The van der Waals surface area contributed by atoms with Crippen LogP contribution in [0.3, 0.4) is 0 Å². The predicted molar refractivity (Wildman–Crippen MR) is 282 cm³/mol. The number of alkyl halides is 3. The lowest BCUT2D eigenvalue weighted by molar-refractivity contribution is -0.151. The highest BCUT2D eigenvalue weighted by atomic mass is 35.5. The molecule has 3 fully saturated rings. The fraction of sp³-hybridized carbons (Fsp3) is 0.393. The Kier molecular flexibility index (Phi) is 15.2. The third kappa shape index (κ3) is 10.8. The maximum atomic E-state index is 14.4. The van der Waals surface area contributed by atoms with Crippen molar-refractivity contribution in [3.8, 4) is 17.8 Å². The second-order valence-electron chi connectivity index (χ2n) is 20.3. The Balaban J connectivity index is 0.787. The van der Waals surface area contributed by atoms with Crippen LogP contribution in [0.5, 0.6) is 11.8 Å². The smallest absolute Gasteiger partial charge is 0.419 e. The van der Waals surface area contributed by atoms with Crippen molar-refractivity contribution in [2.75, 3.05) is 62.7 Å². The Morgan fingerprint density at radius 3 is 2.47 bits per heavy atom. The van der Waals surface area contributed by atoms with Gasteiger partial charge in [0, 0.05) is 91.6 Å². The second kappa shape index (κ2) is 22.2. The van der Waals surface area contributed by atoms with Gasteiger partial charge in [0.15, 0.2) is 0 Å². The Bertz CT molecular complexity index is 3280. The first kappa shape index (κ1) is 53.4. The molecule has 3 saturated heterocycles. The molecule has 3 atom stereocenters. The molecule has 1 unspecified atom stereocenters. The van der Waals surface area contributed by atoms with Crippen molar-refractivity contribution in [3.63, 3.8) is 0 Å². The van der Waals surface area contributed by atoms with Crippen molar-refractivity contribution in [2.45, 2.75) is 89.0 Å². The fourth-order valence-electron chi connectivity index (χ4n) is 11.3.